The highest BCUT2D eigenvalue weighted by Crippen LogP contribution is 2.41. The Morgan fingerprint density at radius 3 is 1.64 bits per heavy atom. The van der Waals surface area contributed by atoms with Gasteiger partial charge in [-0.3, -0.25) is 0 Å². The van der Waals surface area contributed by atoms with Crippen molar-refractivity contribution in [1.29, 1.82) is 0 Å². The van der Waals surface area contributed by atoms with E-state index in [2.05, 4.69) is 58.4 Å². The summed E-state index contributed by atoms with van der Waals surface area (Å²) in [5, 5.41) is 0. The van der Waals surface area contributed by atoms with E-state index in [4.69, 9.17) is 0 Å². The second-order valence-electron chi connectivity index (χ2n) is 5.61. The van der Waals surface area contributed by atoms with Crippen LogP contribution in [0.3, 0.4) is 0 Å². The summed E-state index contributed by atoms with van der Waals surface area (Å²) in [6.07, 6.45) is 0. The molecule has 0 aromatic carbocycles. The van der Waals surface area contributed by atoms with Crippen molar-refractivity contribution < 1.29 is 0 Å². The van der Waals surface area contributed by atoms with E-state index in [1.54, 1.807) is 0 Å². The minimum Gasteiger partial charge on any atom is -0.324 e. The SMILES string of the molecule is CCN(CC)[Si](C)(C)C(C)(C)[SiH](C)C. The van der Waals surface area contributed by atoms with Gasteiger partial charge in [-0.1, -0.05) is 53.9 Å². The van der Waals surface area contributed by atoms with Crippen LogP contribution in [-0.2, 0) is 0 Å². The maximum atomic E-state index is 2.74. The lowest BCUT2D eigenvalue weighted by Crippen LogP contribution is -2.59. The second-order valence-corrected chi connectivity index (χ2v) is 15.0. The molecule has 0 aliphatic rings. The lowest BCUT2D eigenvalue weighted by molar-refractivity contribution is 0.450. The van der Waals surface area contributed by atoms with Gasteiger partial charge in [-0.25, -0.2) is 0 Å². The van der Waals surface area contributed by atoms with Crippen LogP contribution in [0.4, 0.5) is 0 Å². The maximum absolute atomic E-state index is 2.74. The fourth-order valence-corrected chi connectivity index (χ4v) is 10.7. The van der Waals surface area contributed by atoms with Crippen molar-refractivity contribution in [2.45, 2.75) is 58.5 Å². The molecule has 3 heteroatoms. The van der Waals surface area contributed by atoms with Gasteiger partial charge in [0.15, 0.2) is 0 Å². The zero-order chi connectivity index (χ0) is 11.6. The maximum Gasteiger partial charge on any atom is 0.124 e. The smallest absolute Gasteiger partial charge is 0.124 e. The van der Waals surface area contributed by atoms with Crippen LogP contribution >= 0.6 is 0 Å². The molecule has 0 amide bonds. The summed E-state index contributed by atoms with van der Waals surface area (Å²) in [6, 6.07) is 0. The van der Waals surface area contributed by atoms with E-state index in [9.17, 15) is 0 Å². The van der Waals surface area contributed by atoms with Crippen molar-refractivity contribution in [2.24, 2.45) is 0 Å². The molecular formula is C11H29NSi2. The van der Waals surface area contributed by atoms with Crippen molar-refractivity contribution in [3.8, 4) is 0 Å². The molecule has 0 atom stereocenters. The molecular weight excluding hydrogens is 202 g/mol. The quantitative estimate of drug-likeness (QED) is 0.656. The first-order chi connectivity index (χ1) is 6.21. The van der Waals surface area contributed by atoms with Gasteiger partial charge in [-0.05, 0) is 17.8 Å². The highest BCUT2D eigenvalue weighted by molar-refractivity contribution is 6.90. The predicted molar refractivity (Wildman–Crippen MR) is 73.3 cm³/mol. The molecule has 86 valence electrons. The average Bonchev–Trinajstić information content (AvgIpc) is 2.05. The van der Waals surface area contributed by atoms with Crippen LogP contribution in [-0.4, -0.2) is 34.7 Å². The molecule has 0 saturated carbocycles. The molecule has 0 aromatic rings. The fourth-order valence-electron chi connectivity index (χ4n) is 2.13. The minimum absolute atomic E-state index is 0.569. The highest BCUT2D eigenvalue weighted by Gasteiger charge is 2.44. The van der Waals surface area contributed by atoms with E-state index < -0.39 is 17.0 Å². The van der Waals surface area contributed by atoms with Gasteiger partial charge >= 0.3 is 0 Å². The highest BCUT2D eigenvalue weighted by atomic mass is 28.4. The van der Waals surface area contributed by atoms with E-state index >= 15 is 0 Å². The molecule has 1 nitrogen and oxygen atoms in total. The summed E-state index contributed by atoms with van der Waals surface area (Å²) >= 11 is 0. The normalized spacial score (nSPS) is 14.1. The lowest BCUT2D eigenvalue weighted by Gasteiger charge is -2.49. The summed E-state index contributed by atoms with van der Waals surface area (Å²) in [4.78, 5) is 0. The summed E-state index contributed by atoms with van der Waals surface area (Å²) in [7, 11) is -1.80. The van der Waals surface area contributed by atoms with Crippen LogP contribution in [0.25, 0.3) is 0 Å². The Hall–Kier alpha value is 0.394. The number of nitrogens with zero attached hydrogens (tertiary/aromatic N) is 1. The van der Waals surface area contributed by atoms with Gasteiger partial charge in [0.05, 0.1) is 0 Å². The first-order valence-electron chi connectivity index (χ1n) is 5.96. The molecule has 0 heterocycles. The number of hydrogen-bond acceptors (Lipinski definition) is 1. The molecule has 0 aromatic heterocycles. The van der Waals surface area contributed by atoms with Gasteiger partial charge in [-0.15, -0.1) is 0 Å². The van der Waals surface area contributed by atoms with Gasteiger partial charge in [0, 0.05) is 8.80 Å². The summed E-state index contributed by atoms with van der Waals surface area (Å²) in [5.74, 6) is 0. The Labute approximate surface area is 93.6 Å². The zero-order valence-corrected chi connectivity index (χ0v) is 13.6. The van der Waals surface area contributed by atoms with E-state index in [1.807, 2.05) is 0 Å². The summed E-state index contributed by atoms with van der Waals surface area (Å²) in [5.41, 5.74) is 0. The Morgan fingerprint density at radius 1 is 1.07 bits per heavy atom. The van der Waals surface area contributed by atoms with Crippen LogP contribution in [0, 0.1) is 0 Å². The molecule has 0 N–H and O–H groups in total. The summed E-state index contributed by atoms with van der Waals surface area (Å²) in [6.45, 7) is 22.2. The lowest BCUT2D eigenvalue weighted by atomic mass is 10.5. The molecule has 0 saturated heterocycles. The largest absolute Gasteiger partial charge is 0.324 e. The second kappa shape index (κ2) is 4.95. The minimum atomic E-state index is -1.23. The Morgan fingerprint density at radius 2 is 1.43 bits per heavy atom. The predicted octanol–water partition coefficient (Wildman–Crippen LogP) is 3.34. The molecule has 0 fully saturated rings. The molecule has 0 radical (unpaired) electrons. The van der Waals surface area contributed by atoms with Gasteiger partial charge in [0.25, 0.3) is 0 Å². The monoisotopic (exact) mass is 231 g/mol. The van der Waals surface area contributed by atoms with Crippen LogP contribution in [0.15, 0.2) is 0 Å². The van der Waals surface area contributed by atoms with Crippen LogP contribution < -0.4 is 0 Å². The van der Waals surface area contributed by atoms with Crippen LogP contribution in [0.2, 0.25) is 30.8 Å². The fraction of sp³-hybridized carbons (Fsp3) is 1.00. The molecule has 0 bridgehead atoms. The molecule has 14 heavy (non-hydrogen) atoms. The van der Waals surface area contributed by atoms with Crippen molar-refractivity contribution in [1.82, 2.24) is 4.57 Å². The Bertz CT molecular complexity index is 172. The van der Waals surface area contributed by atoms with Gasteiger partial charge in [-0.2, -0.15) is 0 Å². The number of hydrogen-bond donors (Lipinski definition) is 0. The summed E-state index contributed by atoms with van der Waals surface area (Å²) < 4.78 is 3.36. The van der Waals surface area contributed by atoms with E-state index in [1.165, 1.54) is 13.1 Å². The molecule has 0 rings (SSSR count). The molecule has 0 unspecified atom stereocenters. The van der Waals surface area contributed by atoms with E-state index in [0.717, 1.165) is 0 Å². The third-order valence-electron chi connectivity index (χ3n) is 4.57. The van der Waals surface area contributed by atoms with Crippen molar-refractivity contribution in [2.75, 3.05) is 13.1 Å². The van der Waals surface area contributed by atoms with Crippen molar-refractivity contribution >= 4 is 17.0 Å². The molecule has 0 aliphatic heterocycles. The van der Waals surface area contributed by atoms with Gasteiger partial charge in [0.2, 0.25) is 0 Å². The first kappa shape index (κ1) is 14.4. The van der Waals surface area contributed by atoms with E-state index in [-0.39, 0.29) is 0 Å². The third-order valence-corrected chi connectivity index (χ3v) is 16.7. The standard InChI is InChI=1S/C11H29NSi2/c1-9-12(10-2)14(7,8)11(3,4)13(5)6/h13H,9-10H2,1-8H3. The van der Waals surface area contributed by atoms with Gasteiger partial charge < -0.3 is 4.57 Å². The van der Waals surface area contributed by atoms with Crippen LogP contribution in [0.1, 0.15) is 27.7 Å². The molecule has 0 aliphatic carbocycles. The topological polar surface area (TPSA) is 3.24 Å². The van der Waals surface area contributed by atoms with E-state index in [0.29, 0.717) is 4.66 Å². The van der Waals surface area contributed by atoms with Crippen molar-refractivity contribution in [3.05, 3.63) is 0 Å². The molecule has 0 spiro atoms. The number of rotatable bonds is 5. The third kappa shape index (κ3) is 2.50. The Balaban J connectivity index is 4.91. The first-order valence-corrected chi connectivity index (χ1v) is 11.8. The van der Waals surface area contributed by atoms with Crippen LogP contribution in [0.5, 0.6) is 0 Å². The van der Waals surface area contributed by atoms with Crippen molar-refractivity contribution in [3.63, 3.8) is 0 Å². The Kier molecular flexibility index (Phi) is 5.09. The average molecular weight is 232 g/mol. The van der Waals surface area contributed by atoms with Gasteiger partial charge in [0.1, 0.15) is 8.24 Å². The zero-order valence-electron chi connectivity index (χ0n) is 11.4.